The SMILES string of the molecule is CCO[Si](OCC)(OCC)C(CC)(CC)COP(=O)(O)O. The molecule has 0 saturated carbocycles. The number of rotatable bonds is 12. The maximum atomic E-state index is 11.1. The second kappa shape index (κ2) is 9.37. The van der Waals surface area contributed by atoms with Crippen LogP contribution >= 0.6 is 7.82 Å². The van der Waals surface area contributed by atoms with E-state index in [9.17, 15) is 4.57 Å². The third-order valence-electron chi connectivity index (χ3n) is 3.52. The van der Waals surface area contributed by atoms with Crippen LogP contribution in [-0.4, -0.2) is 45.0 Å². The largest absolute Gasteiger partial charge is 0.509 e. The molecule has 0 bridgehead atoms. The van der Waals surface area contributed by atoms with Crippen molar-refractivity contribution < 1.29 is 32.2 Å². The Labute approximate surface area is 128 Å². The molecule has 0 rings (SSSR count). The van der Waals surface area contributed by atoms with Crippen molar-refractivity contribution in [3.05, 3.63) is 0 Å². The van der Waals surface area contributed by atoms with Gasteiger partial charge in [-0.25, -0.2) is 4.57 Å². The number of hydrogen-bond acceptors (Lipinski definition) is 5. The zero-order valence-corrected chi connectivity index (χ0v) is 15.5. The lowest BCUT2D eigenvalue weighted by molar-refractivity contribution is 0.0255. The van der Waals surface area contributed by atoms with Gasteiger partial charge in [0.1, 0.15) is 0 Å². The highest BCUT2D eigenvalue weighted by molar-refractivity contribution is 7.46. The van der Waals surface area contributed by atoms with Crippen LogP contribution in [0.25, 0.3) is 0 Å². The van der Waals surface area contributed by atoms with E-state index in [2.05, 4.69) is 0 Å². The van der Waals surface area contributed by atoms with E-state index in [4.69, 9.17) is 27.6 Å². The third kappa shape index (κ3) is 5.72. The summed E-state index contributed by atoms with van der Waals surface area (Å²) in [4.78, 5) is 18.0. The summed E-state index contributed by atoms with van der Waals surface area (Å²) in [6, 6.07) is 0. The molecule has 0 spiro atoms. The van der Waals surface area contributed by atoms with Crippen LogP contribution in [0.15, 0.2) is 0 Å². The molecule has 0 unspecified atom stereocenters. The van der Waals surface area contributed by atoms with Crippen molar-refractivity contribution in [3.8, 4) is 0 Å². The molecule has 2 N–H and O–H groups in total. The molecule has 0 aromatic rings. The Kier molecular flexibility index (Phi) is 9.46. The summed E-state index contributed by atoms with van der Waals surface area (Å²) < 4.78 is 33.5. The van der Waals surface area contributed by atoms with E-state index in [1.54, 1.807) is 0 Å². The summed E-state index contributed by atoms with van der Waals surface area (Å²) >= 11 is 0. The average molecular weight is 344 g/mol. The molecule has 0 aliphatic carbocycles. The standard InChI is InChI=1S/C12H29O7PSi/c1-6-12(7-2,11-16-20(13,14)15)21(17-8-3,18-9-4)19-10-5/h6-11H2,1-5H3,(H2,13,14,15). The maximum absolute atomic E-state index is 11.1. The molecule has 0 heterocycles. The predicted molar refractivity (Wildman–Crippen MR) is 81.9 cm³/mol. The molecule has 0 aromatic heterocycles. The van der Waals surface area contributed by atoms with Gasteiger partial charge in [0.05, 0.1) is 11.6 Å². The molecule has 0 radical (unpaired) electrons. The van der Waals surface area contributed by atoms with Crippen LogP contribution in [0.3, 0.4) is 0 Å². The first-order valence-corrected chi connectivity index (χ1v) is 10.6. The van der Waals surface area contributed by atoms with Gasteiger partial charge in [0.25, 0.3) is 0 Å². The molecule has 0 aromatic carbocycles. The first-order chi connectivity index (χ1) is 9.76. The number of phosphoric acid groups is 1. The van der Waals surface area contributed by atoms with Gasteiger partial charge in [0.15, 0.2) is 0 Å². The van der Waals surface area contributed by atoms with Crippen LogP contribution in [0.5, 0.6) is 0 Å². The molecule has 7 nitrogen and oxygen atoms in total. The Hall–Kier alpha value is 0.207. The highest BCUT2D eigenvalue weighted by Gasteiger charge is 2.59. The second-order valence-corrected chi connectivity index (χ2v) is 8.89. The van der Waals surface area contributed by atoms with Crippen molar-refractivity contribution in [3.63, 3.8) is 0 Å². The molecule has 0 saturated heterocycles. The van der Waals surface area contributed by atoms with Crippen LogP contribution in [0, 0.1) is 0 Å². The third-order valence-corrected chi connectivity index (χ3v) is 8.14. The summed E-state index contributed by atoms with van der Waals surface area (Å²) in [6.07, 6.45) is 1.16. The summed E-state index contributed by atoms with van der Waals surface area (Å²) in [6.45, 7) is 10.4. The van der Waals surface area contributed by atoms with Crippen molar-refractivity contribution in [2.75, 3.05) is 26.4 Å². The highest BCUT2D eigenvalue weighted by atomic mass is 31.2. The fourth-order valence-corrected chi connectivity index (χ4v) is 6.30. The van der Waals surface area contributed by atoms with Crippen LogP contribution in [-0.2, 0) is 22.4 Å². The van der Waals surface area contributed by atoms with Crippen molar-refractivity contribution in [1.82, 2.24) is 0 Å². The van der Waals surface area contributed by atoms with Gasteiger partial charge in [-0.15, -0.1) is 0 Å². The maximum Gasteiger partial charge on any atom is 0.509 e. The normalized spacial score (nSPS) is 13.7. The van der Waals surface area contributed by atoms with Gasteiger partial charge in [0.2, 0.25) is 0 Å². The van der Waals surface area contributed by atoms with Gasteiger partial charge in [-0.2, -0.15) is 0 Å². The smallest absolute Gasteiger partial charge is 0.373 e. The van der Waals surface area contributed by atoms with E-state index in [1.807, 2.05) is 34.6 Å². The summed E-state index contributed by atoms with van der Waals surface area (Å²) in [5.41, 5.74) is 0. The van der Waals surface area contributed by atoms with Crippen molar-refractivity contribution >= 4 is 16.6 Å². The van der Waals surface area contributed by atoms with Gasteiger partial charge in [-0.1, -0.05) is 13.8 Å². The molecule has 0 atom stereocenters. The second-order valence-electron chi connectivity index (χ2n) is 4.61. The van der Waals surface area contributed by atoms with E-state index >= 15 is 0 Å². The Morgan fingerprint density at radius 1 is 0.905 bits per heavy atom. The highest BCUT2D eigenvalue weighted by Crippen LogP contribution is 2.50. The van der Waals surface area contributed by atoms with E-state index in [0.29, 0.717) is 32.7 Å². The molecule has 0 fully saturated rings. The molecule has 9 heteroatoms. The topological polar surface area (TPSA) is 94.5 Å². The number of hydrogen-bond donors (Lipinski definition) is 2. The molecular weight excluding hydrogens is 315 g/mol. The molecule has 0 aliphatic heterocycles. The minimum atomic E-state index is -4.56. The summed E-state index contributed by atoms with van der Waals surface area (Å²) in [5.74, 6) is 0. The van der Waals surface area contributed by atoms with Crippen LogP contribution in [0.1, 0.15) is 47.5 Å². The van der Waals surface area contributed by atoms with E-state index in [0.717, 1.165) is 0 Å². The predicted octanol–water partition coefficient (Wildman–Crippen LogP) is 2.70. The molecule has 0 amide bonds. The zero-order valence-electron chi connectivity index (χ0n) is 13.6. The van der Waals surface area contributed by atoms with Crippen LogP contribution in [0.4, 0.5) is 0 Å². The fraction of sp³-hybridized carbons (Fsp3) is 1.00. The average Bonchev–Trinajstić information content (AvgIpc) is 2.40. The minimum absolute atomic E-state index is 0.156. The summed E-state index contributed by atoms with van der Waals surface area (Å²) in [7, 11) is -7.70. The van der Waals surface area contributed by atoms with E-state index < -0.39 is 21.7 Å². The Morgan fingerprint density at radius 3 is 1.52 bits per heavy atom. The lowest BCUT2D eigenvalue weighted by atomic mass is 10.0. The van der Waals surface area contributed by atoms with E-state index in [-0.39, 0.29) is 6.61 Å². The van der Waals surface area contributed by atoms with Gasteiger partial charge < -0.3 is 23.1 Å². The molecule has 0 aliphatic rings. The van der Waals surface area contributed by atoms with Gasteiger partial charge in [0, 0.05) is 19.8 Å². The Balaban J connectivity index is 5.59. The molecule has 128 valence electrons. The van der Waals surface area contributed by atoms with Gasteiger partial charge in [-0.3, -0.25) is 4.52 Å². The fourth-order valence-electron chi connectivity index (χ4n) is 2.34. The van der Waals surface area contributed by atoms with Crippen molar-refractivity contribution in [2.24, 2.45) is 0 Å². The minimum Gasteiger partial charge on any atom is -0.373 e. The Bertz CT molecular complexity index is 313. The first-order valence-electron chi connectivity index (χ1n) is 7.38. The van der Waals surface area contributed by atoms with Crippen LogP contribution < -0.4 is 0 Å². The molecule has 21 heavy (non-hydrogen) atoms. The van der Waals surface area contributed by atoms with Crippen molar-refractivity contribution in [1.29, 1.82) is 0 Å². The monoisotopic (exact) mass is 344 g/mol. The lowest BCUT2D eigenvalue weighted by Gasteiger charge is -2.44. The lowest BCUT2D eigenvalue weighted by Crippen LogP contribution is -2.58. The quantitative estimate of drug-likeness (QED) is 0.415. The van der Waals surface area contributed by atoms with E-state index in [1.165, 1.54) is 0 Å². The van der Waals surface area contributed by atoms with Gasteiger partial charge in [-0.05, 0) is 33.6 Å². The first kappa shape index (κ1) is 21.2. The molecular formula is C12H29O7PSi. The van der Waals surface area contributed by atoms with Crippen LogP contribution in [0.2, 0.25) is 5.04 Å². The summed E-state index contributed by atoms with van der Waals surface area (Å²) in [5, 5.41) is -0.684. The van der Waals surface area contributed by atoms with Gasteiger partial charge >= 0.3 is 16.6 Å². The number of phosphoric ester groups is 1. The Morgan fingerprint density at radius 2 is 1.29 bits per heavy atom. The van der Waals surface area contributed by atoms with Crippen molar-refractivity contribution in [2.45, 2.75) is 52.5 Å². The zero-order chi connectivity index (χ0) is 16.6.